The molecule has 152 valence electrons. The molecule has 0 bridgehead atoms. The van der Waals surface area contributed by atoms with E-state index in [1.54, 1.807) is 18.2 Å². The van der Waals surface area contributed by atoms with Crippen molar-refractivity contribution in [2.75, 3.05) is 44.3 Å². The number of hydrogen-bond donors (Lipinski definition) is 1. The molecule has 4 rings (SSSR count). The number of amides is 1. The molecule has 1 atom stereocenters. The number of anilines is 1. The monoisotopic (exact) mass is 394 g/mol. The van der Waals surface area contributed by atoms with Crippen molar-refractivity contribution in [2.24, 2.45) is 5.92 Å². The Bertz CT molecular complexity index is 875. The van der Waals surface area contributed by atoms with Crippen molar-refractivity contribution in [3.05, 3.63) is 65.2 Å². The summed E-state index contributed by atoms with van der Waals surface area (Å²) in [7, 11) is 0. The second-order valence-electron chi connectivity index (χ2n) is 7.76. The number of morpholine rings is 1. The van der Waals surface area contributed by atoms with Crippen molar-refractivity contribution in [3.63, 3.8) is 0 Å². The summed E-state index contributed by atoms with van der Waals surface area (Å²) in [5.41, 5.74) is 3.17. The van der Waals surface area contributed by atoms with Crippen molar-refractivity contribution in [3.8, 4) is 0 Å². The van der Waals surface area contributed by atoms with Gasteiger partial charge in [0.1, 0.15) is 0 Å². The summed E-state index contributed by atoms with van der Waals surface area (Å²) in [5.74, 6) is -0.480. The van der Waals surface area contributed by atoms with Crippen LogP contribution in [0.1, 0.15) is 32.7 Å². The maximum Gasteiger partial charge on any atom is 0.335 e. The van der Waals surface area contributed by atoms with Gasteiger partial charge < -0.3 is 19.6 Å². The number of benzene rings is 2. The van der Waals surface area contributed by atoms with Crippen LogP contribution in [0.25, 0.3) is 0 Å². The highest BCUT2D eigenvalue weighted by molar-refractivity contribution is 5.94. The van der Waals surface area contributed by atoms with Crippen molar-refractivity contribution < 1.29 is 19.4 Å². The van der Waals surface area contributed by atoms with Crippen LogP contribution in [-0.2, 0) is 11.2 Å². The molecule has 1 N–H and O–H groups in total. The van der Waals surface area contributed by atoms with Gasteiger partial charge in [-0.05, 0) is 60.7 Å². The van der Waals surface area contributed by atoms with E-state index in [1.807, 2.05) is 35.2 Å². The standard InChI is InChI=1S/C23H26N2O4/c26-22(19-4-6-21(7-5-19)24-10-12-29-13-11-24)25-9-8-18(16-25)14-17-2-1-3-20(15-17)23(27)28/h1-7,15,18H,8-14,16H2,(H,27,28). The van der Waals surface area contributed by atoms with Gasteiger partial charge in [0.15, 0.2) is 0 Å². The van der Waals surface area contributed by atoms with Crippen LogP contribution in [0, 0.1) is 5.92 Å². The van der Waals surface area contributed by atoms with Gasteiger partial charge >= 0.3 is 5.97 Å². The summed E-state index contributed by atoms with van der Waals surface area (Å²) in [6, 6.07) is 14.9. The number of carbonyl (C=O) groups is 2. The van der Waals surface area contributed by atoms with E-state index in [0.717, 1.165) is 62.5 Å². The van der Waals surface area contributed by atoms with Gasteiger partial charge in [-0.15, -0.1) is 0 Å². The van der Waals surface area contributed by atoms with E-state index < -0.39 is 5.97 Å². The summed E-state index contributed by atoms with van der Waals surface area (Å²) in [5, 5.41) is 9.15. The second-order valence-corrected chi connectivity index (χ2v) is 7.76. The van der Waals surface area contributed by atoms with Crippen molar-refractivity contribution >= 4 is 17.6 Å². The number of likely N-dealkylation sites (tertiary alicyclic amines) is 1. The summed E-state index contributed by atoms with van der Waals surface area (Å²) in [6.45, 7) is 4.69. The lowest BCUT2D eigenvalue weighted by atomic mass is 9.97. The molecule has 2 aliphatic heterocycles. The maximum atomic E-state index is 12.9. The van der Waals surface area contributed by atoms with Crippen LogP contribution < -0.4 is 4.90 Å². The van der Waals surface area contributed by atoms with E-state index in [2.05, 4.69) is 4.90 Å². The van der Waals surface area contributed by atoms with Crippen LogP contribution in [0.5, 0.6) is 0 Å². The van der Waals surface area contributed by atoms with Gasteiger partial charge in [0.2, 0.25) is 0 Å². The number of carboxylic acids is 1. The predicted octanol–water partition coefficient (Wildman–Crippen LogP) is 2.93. The number of nitrogens with zero attached hydrogens (tertiary/aromatic N) is 2. The number of rotatable bonds is 5. The first kappa shape index (κ1) is 19.5. The second kappa shape index (κ2) is 8.66. The fourth-order valence-electron chi connectivity index (χ4n) is 4.17. The van der Waals surface area contributed by atoms with E-state index in [0.29, 0.717) is 18.0 Å². The number of hydrogen-bond acceptors (Lipinski definition) is 4. The Morgan fingerprint density at radius 3 is 2.48 bits per heavy atom. The number of ether oxygens (including phenoxy) is 1. The largest absolute Gasteiger partial charge is 0.478 e. The molecule has 1 unspecified atom stereocenters. The molecule has 2 heterocycles. The van der Waals surface area contributed by atoms with Crippen LogP contribution in [0.15, 0.2) is 48.5 Å². The predicted molar refractivity (Wildman–Crippen MR) is 111 cm³/mol. The molecule has 2 saturated heterocycles. The topological polar surface area (TPSA) is 70.1 Å². The highest BCUT2D eigenvalue weighted by atomic mass is 16.5. The normalized spacial score (nSPS) is 19.4. The van der Waals surface area contributed by atoms with E-state index in [-0.39, 0.29) is 5.91 Å². The van der Waals surface area contributed by atoms with Crippen LogP contribution in [0.2, 0.25) is 0 Å². The molecule has 0 radical (unpaired) electrons. The first-order chi connectivity index (χ1) is 14.1. The van der Waals surface area contributed by atoms with Crippen LogP contribution in [-0.4, -0.2) is 61.3 Å². The van der Waals surface area contributed by atoms with E-state index in [4.69, 9.17) is 9.84 Å². The van der Waals surface area contributed by atoms with Crippen molar-refractivity contribution in [2.45, 2.75) is 12.8 Å². The fourth-order valence-corrected chi connectivity index (χ4v) is 4.17. The molecule has 6 nitrogen and oxygen atoms in total. The molecule has 0 aliphatic carbocycles. The van der Waals surface area contributed by atoms with Gasteiger partial charge in [-0.25, -0.2) is 4.79 Å². The van der Waals surface area contributed by atoms with Gasteiger partial charge in [-0.2, -0.15) is 0 Å². The van der Waals surface area contributed by atoms with E-state index >= 15 is 0 Å². The zero-order valence-corrected chi connectivity index (χ0v) is 16.4. The van der Waals surface area contributed by atoms with E-state index in [1.165, 1.54) is 0 Å². The smallest absolute Gasteiger partial charge is 0.335 e. The average molecular weight is 394 g/mol. The molecule has 2 aromatic rings. The average Bonchev–Trinajstić information content (AvgIpc) is 3.22. The Morgan fingerprint density at radius 2 is 1.76 bits per heavy atom. The lowest BCUT2D eigenvalue weighted by molar-refractivity contribution is 0.0696. The molecule has 6 heteroatoms. The maximum absolute atomic E-state index is 12.9. The molecule has 0 aromatic heterocycles. The third-order valence-electron chi connectivity index (χ3n) is 5.76. The van der Waals surface area contributed by atoms with Gasteiger partial charge in [-0.1, -0.05) is 12.1 Å². The van der Waals surface area contributed by atoms with Gasteiger partial charge in [-0.3, -0.25) is 4.79 Å². The minimum absolute atomic E-state index is 0.0697. The molecule has 0 spiro atoms. The summed E-state index contributed by atoms with van der Waals surface area (Å²) >= 11 is 0. The number of carbonyl (C=O) groups excluding carboxylic acids is 1. The summed E-state index contributed by atoms with van der Waals surface area (Å²) in [4.78, 5) is 28.2. The highest BCUT2D eigenvalue weighted by Gasteiger charge is 2.27. The highest BCUT2D eigenvalue weighted by Crippen LogP contribution is 2.24. The Labute approximate surface area is 170 Å². The molecule has 0 saturated carbocycles. The Balaban J connectivity index is 1.35. The minimum Gasteiger partial charge on any atom is -0.478 e. The van der Waals surface area contributed by atoms with Crippen LogP contribution >= 0.6 is 0 Å². The zero-order chi connectivity index (χ0) is 20.2. The zero-order valence-electron chi connectivity index (χ0n) is 16.4. The fraction of sp³-hybridized carbons (Fsp3) is 0.391. The quantitative estimate of drug-likeness (QED) is 0.844. The van der Waals surface area contributed by atoms with Gasteiger partial charge in [0.05, 0.1) is 18.8 Å². The summed E-state index contributed by atoms with van der Waals surface area (Å²) < 4.78 is 5.39. The first-order valence-electron chi connectivity index (χ1n) is 10.1. The number of aromatic carboxylic acids is 1. The Morgan fingerprint density at radius 1 is 1.00 bits per heavy atom. The Hall–Kier alpha value is -2.86. The lowest BCUT2D eigenvalue weighted by Crippen LogP contribution is -2.36. The SMILES string of the molecule is O=C(O)c1cccc(CC2CCN(C(=O)c3ccc(N4CCOCC4)cc3)C2)c1. The third kappa shape index (κ3) is 4.59. The molecule has 29 heavy (non-hydrogen) atoms. The summed E-state index contributed by atoms with van der Waals surface area (Å²) in [6.07, 6.45) is 1.73. The van der Waals surface area contributed by atoms with Crippen molar-refractivity contribution in [1.29, 1.82) is 0 Å². The first-order valence-corrected chi connectivity index (χ1v) is 10.1. The molecule has 1 amide bonds. The van der Waals surface area contributed by atoms with Crippen molar-refractivity contribution in [1.82, 2.24) is 4.90 Å². The lowest BCUT2D eigenvalue weighted by Gasteiger charge is -2.29. The Kier molecular flexibility index (Phi) is 5.81. The van der Waals surface area contributed by atoms with Gasteiger partial charge in [0.25, 0.3) is 5.91 Å². The molecule has 2 fully saturated rings. The third-order valence-corrected chi connectivity index (χ3v) is 5.76. The molecular formula is C23H26N2O4. The van der Waals surface area contributed by atoms with Gasteiger partial charge in [0, 0.05) is 37.4 Å². The molecular weight excluding hydrogens is 368 g/mol. The number of carboxylic acid groups (broad SMARTS) is 1. The minimum atomic E-state index is -0.907. The van der Waals surface area contributed by atoms with E-state index in [9.17, 15) is 9.59 Å². The molecule has 2 aromatic carbocycles. The molecule has 2 aliphatic rings. The van der Waals surface area contributed by atoms with Crippen LogP contribution in [0.3, 0.4) is 0 Å². The van der Waals surface area contributed by atoms with Crippen LogP contribution in [0.4, 0.5) is 5.69 Å².